The van der Waals surface area contributed by atoms with Crippen LogP contribution >= 0.6 is 0 Å². The Balaban J connectivity index is 2.30. The fourth-order valence-electron chi connectivity index (χ4n) is 1.02. The first kappa shape index (κ1) is 11.8. The quantitative estimate of drug-likeness (QED) is 0.584. The molecule has 0 radical (unpaired) electrons. The molecule has 0 aliphatic carbocycles. The Morgan fingerprint density at radius 1 is 1.53 bits per heavy atom. The Hall–Kier alpha value is -1.25. The average molecular weight is 227 g/mol. The predicted molar refractivity (Wildman–Crippen MR) is 58.1 cm³/mol. The molecule has 1 heterocycles. The van der Waals surface area contributed by atoms with Gasteiger partial charge in [0.2, 0.25) is 0 Å². The second-order valence-electron chi connectivity index (χ2n) is 3.22. The van der Waals surface area contributed by atoms with Crippen LogP contribution < -0.4 is 5.32 Å². The Labute approximate surface area is 89.6 Å². The lowest BCUT2D eigenvalue weighted by atomic mass is 10.4. The topological polar surface area (TPSA) is 59.3 Å². The minimum Gasteiger partial charge on any atom is -0.451 e. The van der Waals surface area contributed by atoms with Gasteiger partial charge in [0.05, 0.1) is 12.3 Å². The van der Waals surface area contributed by atoms with Gasteiger partial charge in [0, 0.05) is 12.8 Å². The Morgan fingerprint density at radius 3 is 2.80 bits per heavy atom. The standard InChI is InChI=1S/C10H13NO3S/c1-3-9-4-5-10(14-9)8-11-6-7-15(2,12)13/h1,4-5,11H,6-8H2,2H3. The molecule has 1 N–H and O–H groups in total. The zero-order valence-corrected chi connectivity index (χ0v) is 9.30. The van der Waals surface area contributed by atoms with Gasteiger partial charge in [0.15, 0.2) is 5.76 Å². The van der Waals surface area contributed by atoms with Gasteiger partial charge < -0.3 is 9.73 Å². The highest BCUT2D eigenvalue weighted by Gasteiger charge is 2.02. The third-order valence-electron chi connectivity index (χ3n) is 1.75. The molecule has 82 valence electrons. The summed E-state index contributed by atoms with van der Waals surface area (Å²) in [6, 6.07) is 3.47. The predicted octanol–water partition coefficient (Wildman–Crippen LogP) is 0.395. The van der Waals surface area contributed by atoms with E-state index in [1.165, 1.54) is 6.26 Å². The van der Waals surface area contributed by atoms with E-state index in [2.05, 4.69) is 11.2 Å². The van der Waals surface area contributed by atoms with Crippen LogP contribution in [0.25, 0.3) is 0 Å². The van der Waals surface area contributed by atoms with E-state index in [0.717, 1.165) is 0 Å². The van der Waals surface area contributed by atoms with Crippen molar-refractivity contribution >= 4 is 9.84 Å². The lowest BCUT2D eigenvalue weighted by Crippen LogP contribution is -2.21. The van der Waals surface area contributed by atoms with E-state index >= 15 is 0 Å². The van der Waals surface area contributed by atoms with Crippen LogP contribution in [0.4, 0.5) is 0 Å². The van der Waals surface area contributed by atoms with Crippen molar-refractivity contribution in [2.24, 2.45) is 0 Å². The van der Waals surface area contributed by atoms with Crippen LogP contribution in [0.3, 0.4) is 0 Å². The van der Waals surface area contributed by atoms with E-state index < -0.39 is 9.84 Å². The molecule has 0 fully saturated rings. The first-order valence-electron chi connectivity index (χ1n) is 4.45. The molecule has 0 saturated carbocycles. The number of rotatable bonds is 5. The van der Waals surface area contributed by atoms with Crippen LogP contribution in [0.1, 0.15) is 11.5 Å². The van der Waals surface area contributed by atoms with Crippen LogP contribution in [0.5, 0.6) is 0 Å². The van der Waals surface area contributed by atoms with Crippen LogP contribution in [0.15, 0.2) is 16.5 Å². The Bertz CT molecular complexity index is 453. The van der Waals surface area contributed by atoms with Crippen LogP contribution in [-0.4, -0.2) is 27.0 Å². The van der Waals surface area contributed by atoms with E-state index in [1.54, 1.807) is 12.1 Å². The molecule has 5 heteroatoms. The van der Waals surface area contributed by atoms with E-state index in [1.807, 2.05) is 0 Å². The van der Waals surface area contributed by atoms with Gasteiger partial charge in [-0.05, 0) is 18.1 Å². The Morgan fingerprint density at radius 2 is 2.27 bits per heavy atom. The summed E-state index contributed by atoms with van der Waals surface area (Å²) in [5.74, 6) is 3.68. The van der Waals surface area contributed by atoms with Crippen molar-refractivity contribution in [3.05, 3.63) is 23.7 Å². The third kappa shape index (κ3) is 4.68. The first-order valence-corrected chi connectivity index (χ1v) is 6.51. The summed E-state index contributed by atoms with van der Waals surface area (Å²) in [6.45, 7) is 0.891. The molecular formula is C10H13NO3S. The summed E-state index contributed by atoms with van der Waals surface area (Å²) >= 11 is 0. The first-order chi connectivity index (χ1) is 7.01. The molecule has 1 aromatic heterocycles. The highest BCUT2D eigenvalue weighted by atomic mass is 32.2. The van der Waals surface area contributed by atoms with Gasteiger partial charge in [0.1, 0.15) is 15.6 Å². The fourth-order valence-corrected chi connectivity index (χ4v) is 1.53. The van der Waals surface area contributed by atoms with Gasteiger partial charge in [-0.2, -0.15) is 0 Å². The Kier molecular flexibility index (Phi) is 3.95. The number of hydrogen-bond acceptors (Lipinski definition) is 4. The lowest BCUT2D eigenvalue weighted by Gasteiger charge is -2.00. The number of terminal acetylenes is 1. The summed E-state index contributed by atoms with van der Waals surface area (Å²) in [4.78, 5) is 0. The maximum Gasteiger partial charge on any atom is 0.176 e. The summed E-state index contributed by atoms with van der Waals surface area (Å²) in [5, 5.41) is 2.95. The van der Waals surface area contributed by atoms with Crippen LogP contribution in [0.2, 0.25) is 0 Å². The molecule has 0 amide bonds. The molecule has 0 unspecified atom stereocenters. The van der Waals surface area contributed by atoms with Crippen molar-refractivity contribution in [3.63, 3.8) is 0 Å². The van der Waals surface area contributed by atoms with Crippen molar-refractivity contribution in [1.82, 2.24) is 5.32 Å². The molecular weight excluding hydrogens is 214 g/mol. The van der Waals surface area contributed by atoms with Gasteiger partial charge in [0.25, 0.3) is 0 Å². The maximum atomic E-state index is 10.8. The molecule has 0 saturated heterocycles. The van der Waals surface area contributed by atoms with Gasteiger partial charge >= 0.3 is 0 Å². The van der Waals surface area contributed by atoms with Crippen LogP contribution in [-0.2, 0) is 16.4 Å². The highest BCUT2D eigenvalue weighted by molar-refractivity contribution is 7.90. The average Bonchev–Trinajstić information content (AvgIpc) is 2.59. The molecule has 0 atom stereocenters. The summed E-state index contributed by atoms with van der Waals surface area (Å²) in [6.07, 6.45) is 6.34. The lowest BCUT2D eigenvalue weighted by molar-refractivity contribution is 0.478. The van der Waals surface area contributed by atoms with Crippen molar-refractivity contribution in [2.75, 3.05) is 18.6 Å². The number of hydrogen-bond donors (Lipinski definition) is 1. The van der Waals surface area contributed by atoms with E-state index in [9.17, 15) is 8.42 Å². The number of sulfone groups is 1. The zero-order chi connectivity index (χ0) is 11.3. The minimum atomic E-state index is -2.90. The SMILES string of the molecule is C#Cc1ccc(CNCCS(C)(=O)=O)o1. The van der Waals surface area contributed by atoms with Crippen LogP contribution in [0, 0.1) is 12.3 Å². The molecule has 4 nitrogen and oxygen atoms in total. The second-order valence-corrected chi connectivity index (χ2v) is 5.48. The molecule has 0 spiro atoms. The maximum absolute atomic E-state index is 10.8. The molecule has 1 aromatic rings. The van der Waals surface area contributed by atoms with Crippen molar-refractivity contribution in [3.8, 4) is 12.3 Å². The van der Waals surface area contributed by atoms with Gasteiger partial charge in [-0.3, -0.25) is 0 Å². The van der Waals surface area contributed by atoms with E-state index in [0.29, 0.717) is 24.6 Å². The monoisotopic (exact) mass is 227 g/mol. The van der Waals surface area contributed by atoms with Crippen molar-refractivity contribution in [1.29, 1.82) is 0 Å². The highest BCUT2D eigenvalue weighted by Crippen LogP contribution is 2.05. The summed E-state index contributed by atoms with van der Waals surface area (Å²) in [5.41, 5.74) is 0. The second kappa shape index (κ2) is 5.01. The van der Waals surface area contributed by atoms with Crippen molar-refractivity contribution in [2.45, 2.75) is 6.54 Å². The zero-order valence-electron chi connectivity index (χ0n) is 8.49. The smallest absolute Gasteiger partial charge is 0.176 e. The largest absolute Gasteiger partial charge is 0.451 e. The molecule has 0 aliphatic heterocycles. The van der Waals surface area contributed by atoms with E-state index in [4.69, 9.17) is 10.8 Å². The summed E-state index contributed by atoms with van der Waals surface area (Å²) < 4.78 is 26.8. The normalized spacial score (nSPS) is 11.2. The molecule has 0 aromatic carbocycles. The molecule has 15 heavy (non-hydrogen) atoms. The molecule has 0 aliphatic rings. The van der Waals surface area contributed by atoms with E-state index in [-0.39, 0.29) is 5.75 Å². The summed E-state index contributed by atoms with van der Waals surface area (Å²) in [7, 11) is -2.90. The molecule has 0 bridgehead atoms. The van der Waals surface area contributed by atoms with Gasteiger partial charge in [-0.15, -0.1) is 6.42 Å². The van der Waals surface area contributed by atoms with Crippen molar-refractivity contribution < 1.29 is 12.8 Å². The van der Waals surface area contributed by atoms with Gasteiger partial charge in [-0.25, -0.2) is 8.42 Å². The fraction of sp³-hybridized carbons (Fsp3) is 0.400. The third-order valence-corrected chi connectivity index (χ3v) is 2.70. The minimum absolute atomic E-state index is 0.121. The molecule has 1 rings (SSSR count). The van der Waals surface area contributed by atoms with Gasteiger partial charge in [-0.1, -0.05) is 0 Å². The number of nitrogens with one attached hydrogen (secondary N) is 1. The number of furan rings is 1.